The molecule has 6 aromatic rings. The number of carbonyl (C=O) groups excluding carboxylic acids is 2. The van der Waals surface area contributed by atoms with E-state index in [0.717, 1.165) is 106 Å². The van der Waals surface area contributed by atoms with E-state index in [2.05, 4.69) is 107 Å². The van der Waals surface area contributed by atoms with Gasteiger partial charge >= 0.3 is 5.69 Å². The van der Waals surface area contributed by atoms with Gasteiger partial charge in [0.25, 0.3) is 20.0 Å². The Bertz CT molecular complexity index is 3980. The maximum Gasteiger partial charge on any atom is 0.330 e. The molecule has 20 heteroatoms. The van der Waals surface area contributed by atoms with Gasteiger partial charge in [-0.2, -0.15) is 9.84 Å². The molecule has 0 saturated carbocycles. The molecule has 98 heavy (non-hydrogen) atoms. The van der Waals surface area contributed by atoms with Crippen LogP contribution in [0.3, 0.4) is 0 Å². The highest BCUT2D eigenvalue weighted by atomic mass is 31.2. The summed E-state index contributed by atoms with van der Waals surface area (Å²) in [5, 5.41) is 15.6. The van der Waals surface area contributed by atoms with E-state index in [4.69, 9.17) is 32.7 Å². The minimum Gasteiger partial charge on any atom is -0.497 e. The van der Waals surface area contributed by atoms with Gasteiger partial charge in [-0.15, -0.1) is 0 Å². The molecular weight excluding hydrogens is 1260 g/mol. The highest BCUT2D eigenvalue weighted by Gasteiger charge is 2.55. The van der Waals surface area contributed by atoms with Crippen molar-refractivity contribution in [2.24, 2.45) is 0 Å². The van der Waals surface area contributed by atoms with E-state index in [0.29, 0.717) is 37.4 Å². The average Bonchev–Trinajstić information content (AvgIpc) is 1.52. The van der Waals surface area contributed by atoms with Crippen LogP contribution in [0.4, 0.5) is 11.4 Å². The summed E-state index contributed by atoms with van der Waals surface area (Å²) in [6.07, 6.45) is 14.3. The first-order valence-electron chi connectivity index (χ1n) is 35.5. The first-order valence-corrected chi connectivity index (χ1v) is 36.6. The van der Waals surface area contributed by atoms with E-state index in [-0.39, 0.29) is 61.1 Å². The summed E-state index contributed by atoms with van der Waals surface area (Å²) in [6, 6.07) is 38.8. The molecule has 1 aromatic heterocycles. The number of rotatable bonds is 31. The molecule has 1 saturated heterocycles. The minimum atomic E-state index is -1.81. The predicted molar refractivity (Wildman–Crippen MR) is 381 cm³/mol. The van der Waals surface area contributed by atoms with Crippen molar-refractivity contribution < 1.29 is 46.9 Å². The number of ether oxygens (including phenoxy) is 5. The number of nitrogens with one attached hydrogen (secondary N) is 3. The monoisotopic (exact) mass is 1350 g/mol. The van der Waals surface area contributed by atoms with E-state index in [1.165, 1.54) is 68.5 Å². The van der Waals surface area contributed by atoms with Crippen molar-refractivity contribution in [2.75, 3.05) is 65.1 Å². The summed E-state index contributed by atoms with van der Waals surface area (Å²) < 4.78 is 51.9. The number of methoxy groups -OCH3 is 2. The third-order valence-corrected chi connectivity index (χ3v) is 22.6. The van der Waals surface area contributed by atoms with E-state index in [9.17, 15) is 24.4 Å². The number of unbranched alkanes of at least 4 members (excludes halogenated alkanes) is 5. The Labute approximate surface area is 577 Å². The fourth-order valence-corrected chi connectivity index (χ4v) is 17.5. The van der Waals surface area contributed by atoms with Crippen LogP contribution in [-0.4, -0.2) is 127 Å². The molecule has 5 aromatic carbocycles. The molecule has 6 aliphatic rings. The zero-order valence-electron chi connectivity index (χ0n) is 57.9. The summed E-state index contributed by atoms with van der Waals surface area (Å²) in [6.45, 7) is 14.8. The quantitative estimate of drug-likeness (QED) is 0.0160. The Hall–Kier alpha value is -7.95. The van der Waals surface area contributed by atoms with Crippen LogP contribution in [-0.2, 0) is 47.2 Å². The van der Waals surface area contributed by atoms with Gasteiger partial charge in [0.1, 0.15) is 46.8 Å². The minimum absolute atomic E-state index is 0.0154. The Balaban J connectivity index is 0.646. The molecule has 0 radical (unpaired) electrons. The van der Waals surface area contributed by atoms with Crippen molar-refractivity contribution in [1.82, 2.24) is 24.9 Å². The van der Waals surface area contributed by atoms with Crippen LogP contribution in [0.2, 0.25) is 0 Å². The molecule has 6 atom stereocenters. The molecular formula is C78H96N8O11P+. The molecule has 19 nitrogen and oxygen atoms in total. The molecule has 2 amide bonds. The SMILES string of the molecule is COc1ccc(C(OCC2O[C@@H](n3cc(C(=O)NCCCCCCNC(=O)CCCCCC4(C)C5=[N+](CCC6Oc7c(cc8c9c7CCCN9CCC8)C=C56)c5ccccc54)c(=O)[nH]c3=O)CC2OP(OCCC#N)N(C(C)C)C(C)C)(c2ccccc2)c2ccc(OC)cc2)cc1. The molecule has 1 fully saturated rings. The summed E-state index contributed by atoms with van der Waals surface area (Å²) in [5.41, 5.74) is 10.2. The standard InChI is InChI=1S/C78H95N8O11P/c1-52(2)86(53(3)4)98(94-46-22-40-79)97-67-49-70(95-68(67)51-93-78(56-24-12-10-13-25-56,57-30-34-59(91-6)35-31-57)58-32-36-60(92-7)37-33-58)85-50-63(75(89)82-76(85)90)74(88)81-42-19-9-8-18-41-80-69(87)29-14-11-17-39-77(5)64-27-15-16-28-65(64)84-45-38-66-62(73(77)84)48-55-47-54-23-20-43-83-44-21-26-61(71(54)83)72(55)96-66/h10,12-13,15-16,24-25,27-28,30-37,47-48,50,52-53,66-68,70H,8-9,11,14,17-23,26,29,38-39,41-46,49,51H2,1-7H3,(H2-,80,81,82,87,88,89,90)/p+1/t66?,67?,68?,70-,77?,98?/m1/s1. The number of carbonyl (C=O) groups is 2. The van der Waals surface area contributed by atoms with Gasteiger partial charge in [-0.1, -0.05) is 98.5 Å². The number of amides is 2. The van der Waals surface area contributed by atoms with Gasteiger partial charge in [0.15, 0.2) is 12.3 Å². The molecule has 6 aliphatic heterocycles. The average molecular weight is 1350 g/mol. The number of aryl methyl sites for hydroxylation is 1. The van der Waals surface area contributed by atoms with Crippen LogP contribution in [0.15, 0.2) is 131 Å². The van der Waals surface area contributed by atoms with Crippen LogP contribution in [0.1, 0.15) is 180 Å². The lowest BCUT2D eigenvalue weighted by Crippen LogP contribution is -2.44. The molecule has 0 bridgehead atoms. The summed E-state index contributed by atoms with van der Waals surface area (Å²) in [4.78, 5) is 59.4. The van der Waals surface area contributed by atoms with Crippen LogP contribution in [0.25, 0.3) is 6.08 Å². The lowest BCUT2D eigenvalue weighted by Gasteiger charge is -2.40. The Morgan fingerprint density at radius 3 is 2.19 bits per heavy atom. The molecule has 0 spiro atoms. The number of hydrogen-bond donors (Lipinski definition) is 3. The van der Waals surface area contributed by atoms with Gasteiger partial charge in [0, 0.05) is 92.2 Å². The van der Waals surface area contributed by atoms with Gasteiger partial charge in [-0.05, 0) is 145 Å². The van der Waals surface area contributed by atoms with E-state index < -0.39 is 49.7 Å². The number of nitriles is 1. The highest BCUT2D eigenvalue weighted by Crippen LogP contribution is 2.54. The largest absolute Gasteiger partial charge is 0.497 e. The number of para-hydroxylation sites is 1. The Kier molecular flexibility index (Phi) is 22.5. The Morgan fingerprint density at radius 2 is 1.50 bits per heavy atom. The lowest BCUT2D eigenvalue weighted by atomic mass is 9.71. The van der Waals surface area contributed by atoms with Gasteiger partial charge < -0.3 is 48.3 Å². The second-order valence-electron chi connectivity index (χ2n) is 27.5. The summed E-state index contributed by atoms with van der Waals surface area (Å²) in [5.74, 6) is 1.89. The smallest absolute Gasteiger partial charge is 0.330 e. The molecule has 0 aliphatic carbocycles. The van der Waals surface area contributed by atoms with Gasteiger partial charge in [0.05, 0.1) is 57.0 Å². The third kappa shape index (κ3) is 14.7. The first kappa shape index (κ1) is 69.9. The van der Waals surface area contributed by atoms with Gasteiger partial charge in [0.2, 0.25) is 11.6 Å². The van der Waals surface area contributed by atoms with Gasteiger partial charge in [-0.3, -0.25) is 23.9 Å². The highest BCUT2D eigenvalue weighted by molar-refractivity contribution is 7.44. The number of hydrogen-bond acceptors (Lipinski definition) is 14. The summed E-state index contributed by atoms with van der Waals surface area (Å²) >= 11 is 0. The van der Waals surface area contributed by atoms with Gasteiger partial charge in [-0.25, -0.2) is 9.46 Å². The van der Waals surface area contributed by atoms with Crippen molar-refractivity contribution in [1.29, 1.82) is 5.26 Å². The van der Waals surface area contributed by atoms with Crippen molar-refractivity contribution in [2.45, 2.75) is 185 Å². The number of H-pyrrole nitrogens is 1. The molecule has 7 heterocycles. The molecule has 518 valence electrons. The van der Waals surface area contributed by atoms with Crippen molar-refractivity contribution in [3.8, 4) is 23.3 Å². The fourth-order valence-electron chi connectivity index (χ4n) is 15.8. The topological polar surface area (TPSA) is 211 Å². The number of aromatic nitrogens is 2. The molecule has 5 unspecified atom stereocenters. The number of benzene rings is 5. The normalized spacial score (nSPS) is 20.2. The number of fused-ring (bicyclic) bond motifs is 6. The molecule has 12 rings (SSSR count). The van der Waals surface area contributed by atoms with Crippen LogP contribution < -0.4 is 41.0 Å². The fraction of sp³-hybridized carbons (Fsp3) is 0.487. The van der Waals surface area contributed by atoms with Crippen LogP contribution in [0, 0.1) is 11.3 Å². The maximum atomic E-state index is 13.9. The van der Waals surface area contributed by atoms with E-state index >= 15 is 0 Å². The zero-order valence-corrected chi connectivity index (χ0v) is 58.8. The zero-order chi connectivity index (χ0) is 68.5. The van der Waals surface area contributed by atoms with Crippen LogP contribution >= 0.6 is 8.53 Å². The first-order chi connectivity index (χ1) is 47.6. The van der Waals surface area contributed by atoms with Crippen molar-refractivity contribution in [3.63, 3.8) is 0 Å². The lowest BCUT2D eigenvalue weighted by molar-refractivity contribution is -0.444. The summed E-state index contributed by atoms with van der Waals surface area (Å²) in [7, 11) is 1.43. The number of aromatic amines is 1. The molecule has 3 N–H and O–H groups in total. The third-order valence-electron chi connectivity index (χ3n) is 20.4. The van der Waals surface area contributed by atoms with Crippen molar-refractivity contribution >= 4 is 43.5 Å². The maximum absolute atomic E-state index is 13.9. The predicted octanol–water partition coefficient (Wildman–Crippen LogP) is 12.9. The second kappa shape index (κ2) is 31.5. The van der Waals surface area contributed by atoms with Crippen LogP contribution in [0.5, 0.6) is 17.2 Å². The number of anilines is 1. The second-order valence-corrected chi connectivity index (χ2v) is 28.9. The number of nitrogens with zero attached hydrogens (tertiary/aromatic N) is 5. The van der Waals surface area contributed by atoms with E-state index in [1.54, 1.807) is 14.2 Å². The van der Waals surface area contributed by atoms with E-state index in [1.807, 2.05) is 78.9 Å². The van der Waals surface area contributed by atoms with Crippen molar-refractivity contribution in [3.05, 3.63) is 186 Å². The Morgan fingerprint density at radius 1 is 0.837 bits per heavy atom.